The van der Waals surface area contributed by atoms with Gasteiger partial charge >= 0.3 is 0 Å². The Hall–Kier alpha value is -0.0305. The molecule has 4 nitrogen and oxygen atoms in total. The second kappa shape index (κ2) is 10.1. The second-order valence-electron chi connectivity index (χ2n) is 0.603. The summed E-state index contributed by atoms with van der Waals surface area (Å²) in [4.78, 5) is 0. The van der Waals surface area contributed by atoms with E-state index in [1.165, 1.54) is 6.20 Å². The standard InChI is InChI=1S/C2H2N3.Cu.H2N.H2S/c1-2-4-5-3-1;;;/h1H,(H,3,4,5);;2*1H2/q-1;;-1;/p-1. The van der Waals surface area contributed by atoms with E-state index in [-0.39, 0.29) is 36.7 Å². The Morgan fingerprint density at radius 2 is 2.12 bits per heavy atom. The van der Waals surface area contributed by atoms with Gasteiger partial charge in [-0.05, 0) is 0 Å². The predicted molar refractivity (Wildman–Crippen MR) is 29.3 cm³/mol. The van der Waals surface area contributed by atoms with Gasteiger partial charge in [0, 0.05) is 17.1 Å². The minimum Gasteiger partial charge on any atom is -0.813 e. The number of aromatic nitrogens is 3. The minimum absolute atomic E-state index is 0. The first kappa shape index (κ1) is 15.7. The number of hydrogen-bond acceptors (Lipinski definition) is 3. The number of nitrogens with zero attached hydrogens (tertiary/aromatic N) is 2. The molecule has 0 spiro atoms. The number of thiol groups is 1. The largest absolute Gasteiger partial charge is 0.813 e. The maximum absolute atomic E-state index is 3.29. The van der Waals surface area contributed by atoms with Gasteiger partial charge in [0.15, 0.2) is 0 Å². The fourth-order valence-corrected chi connectivity index (χ4v) is 0.144. The van der Waals surface area contributed by atoms with Gasteiger partial charge in [-0.15, -0.1) is 11.4 Å². The van der Waals surface area contributed by atoms with Crippen molar-refractivity contribution in [2.75, 3.05) is 0 Å². The summed E-state index contributed by atoms with van der Waals surface area (Å²) in [5, 5.41) is 9.03. The number of nitrogens with one attached hydrogen (secondary N) is 1. The van der Waals surface area contributed by atoms with Crippen molar-refractivity contribution in [3.8, 4) is 0 Å². The molecule has 53 valence electrons. The Labute approximate surface area is 64.9 Å². The maximum Gasteiger partial charge on any atom is 0 e. The molecule has 0 bridgehead atoms. The van der Waals surface area contributed by atoms with Crippen LogP contribution in [-0.4, -0.2) is 15.4 Å². The molecule has 3 N–H and O–H groups in total. The van der Waals surface area contributed by atoms with E-state index in [1.807, 2.05) is 0 Å². The molecule has 1 rings (SSSR count). The Kier molecular flexibility index (Phi) is 19.7. The summed E-state index contributed by atoms with van der Waals surface area (Å²) in [6.45, 7) is 0. The quantitative estimate of drug-likeness (QED) is 0.265. The average Bonchev–Trinajstić information content (AvgIpc) is 1.76. The van der Waals surface area contributed by atoms with Gasteiger partial charge in [-0.2, -0.15) is 0 Å². The van der Waals surface area contributed by atoms with Gasteiger partial charge < -0.3 is 36.0 Å². The van der Waals surface area contributed by atoms with Gasteiger partial charge in [0.25, 0.3) is 0 Å². The third-order valence-electron chi connectivity index (χ3n) is 0.295. The number of aromatic amines is 1. The van der Waals surface area contributed by atoms with Crippen LogP contribution in [0.25, 0.3) is 6.15 Å². The van der Waals surface area contributed by atoms with Gasteiger partial charge in [0.05, 0.1) is 0 Å². The smallest absolute Gasteiger partial charge is 0 e. The van der Waals surface area contributed by atoms with E-state index in [0.29, 0.717) is 0 Å². The molecule has 1 radical (unpaired) electrons. The van der Waals surface area contributed by atoms with Crippen LogP contribution in [0.2, 0.25) is 0 Å². The molecule has 1 aromatic heterocycles. The molecule has 0 saturated heterocycles. The Morgan fingerprint density at radius 3 is 2.25 bits per heavy atom. The van der Waals surface area contributed by atoms with Crippen LogP contribution in [0.15, 0.2) is 6.20 Å². The summed E-state index contributed by atoms with van der Waals surface area (Å²) in [6, 6.07) is 0. The van der Waals surface area contributed by atoms with Crippen molar-refractivity contribution in [2.45, 2.75) is 0 Å². The van der Waals surface area contributed by atoms with Crippen molar-refractivity contribution in [3.63, 3.8) is 0 Å². The number of nitrogens with two attached hydrogens (primary N) is 1. The van der Waals surface area contributed by atoms with Crippen molar-refractivity contribution in [3.05, 3.63) is 18.5 Å². The SMILES string of the molecule is [Cu].[NH2-].[SH-].[c-]1c[nH]nn1. The molecule has 0 amide bonds. The Morgan fingerprint density at radius 1 is 1.50 bits per heavy atom. The van der Waals surface area contributed by atoms with Gasteiger partial charge in [-0.1, -0.05) is 0 Å². The van der Waals surface area contributed by atoms with Gasteiger partial charge in [0.1, 0.15) is 0 Å². The molecular formula is C2H5CuN4S-3. The van der Waals surface area contributed by atoms with Crippen LogP contribution in [0.3, 0.4) is 0 Å². The molecule has 0 aliphatic rings. The van der Waals surface area contributed by atoms with Gasteiger partial charge in [-0.25, -0.2) is 0 Å². The van der Waals surface area contributed by atoms with Crippen LogP contribution in [0.1, 0.15) is 0 Å². The monoisotopic (exact) mass is 180 g/mol. The topological polar surface area (TPSA) is 75.1 Å². The summed E-state index contributed by atoms with van der Waals surface area (Å²) >= 11 is 0. The normalized spacial score (nSPS) is 5.00. The molecular weight excluding hydrogens is 176 g/mol. The Balaban J connectivity index is -0.0000000833. The van der Waals surface area contributed by atoms with Crippen molar-refractivity contribution < 1.29 is 17.1 Å². The zero-order valence-corrected chi connectivity index (χ0v) is 5.63. The molecule has 0 aliphatic heterocycles. The van der Waals surface area contributed by atoms with Crippen LogP contribution in [0.5, 0.6) is 0 Å². The van der Waals surface area contributed by atoms with Crippen LogP contribution >= 0.6 is 0 Å². The summed E-state index contributed by atoms with van der Waals surface area (Å²) < 4.78 is 0. The van der Waals surface area contributed by atoms with E-state index in [2.05, 4.69) is 21.6 Å². The van der Waals surface area contributed by atoms with E-state index in [1.54, 1.807) is 0 Å². The summed E-state index contributed by atoms with van der Waals surface area (Å²) in [5.74, 6) is 0. The third kappa shape index (κ3) is 5.97. The summed E-state index contributed by atoms with van der Waals surface area (Å²) in [5.41, 5.74) is 0. The molecule has 0 atom stereocenters. The first-order valence-corrected chi connectivity index (χ1v) is 1.22. The van der Waals surface area contributed by atoms with E-state index in [9.17, 15) is 0 Å². The fourth-order valence-electron chi connectivity index (χ4n) is 0.144. The zero-order chi connectivity index (χ0) is 3.54. The molecule has 0 fully saturated rings. The summed E-state index contributed by atoms with van der Waals surface area (Å²) in [7, 11) is 0. The number of hydrogen-bond donors (Lipinski definition) is 1. The van der Waals surface area contributed by atoms with Crippen molar-refractivity contribution in [1.82, 2.24) is 15.4 Å². The van der Waals surface area contributed by atoms with E-state index < -0.39 is 0 Å². The Bertz CT molecular complexity index is 70.5. The summed E-state index contributed by atoms with van der Waals surface area (Å²) in [6.07, 6.45) is 3.97. The molecule has 6 heteroatoms. The molecule has 0 aromatic carbocycles. The maximum atomic E-state index is 3.29. The van der Waals surface area contributed by atoms with Gasteiger partial charge in [-0.3, -0.25) is 0 Å². The molecule has 1 aromatic rings. The molecule has 0 unspecified atom stereocenters. The van der Waals surface area contributed by atoms with Crippen LogP contribution in [0.4, 0.5) is 0 Å². The van der Waals surface area contributed by atoms with E-state index >= 15 is 0 Å². The van der Waals surface area contributed by atoms with Crippen molar-refractivity contribution in [1.29, 1.82) is 0 Å². The average molecular weight is 181 g/mol. The van der Waals surface area contributed by atoms with Gasteiger partial charge in [0.2, 0.25) is 0 Å². The number of rotatable bonds is 0. The van der Waals surface area contributed by atoms with Crippen LogP contribution in [0, 0.1) is 6.20 Å². The first-order chi connectivity index (χ1) is 2.50. The first-order valence-electron chi connectivity index (χ1n) is 1.22. The fraction of sp³-hybridized carbons (Fsp3) is 0. The second-order valence-corrected chi connectivity index (χ2v) is 0.603. The van der Waals surface area contributed by atoms with Crippen LogP contribution < -0.4 is 0 Å². The van der Waals surface area contributed by atoms with E-state index in [4.69, 9.17) is 0 Å². The van der Waals surface area contributed by atoms with Crippen molar-refractivity contribution in [2.24, 2.45) is 0 Å². The zero-order valence-electron chi connectivity index (χ0n) is 3.80. The minimum atomic E-state index is 0. The molecule has 0 aliphatic carbocycles. The molecule has 0 saturated carbocycles. The molecule has 8 heavy (non-hydrogen) atoms. The van der Waals surface area contributed by atoms with E-state index in [0.717, 1.165) is 0 Å². The predicted octanol–water partition coefficient (Wildman–Crippen LogP) is 0.0494. The van der Waals surface area contributed by atoms with Crippen molar-refractivity contribution >= 4 is 13.5 Å². The third-order valence-corrected chi connectivity index (χ3v) is 0.295. The molecule has 1 heterocycles. The van der Waals surface area contributed by atoms with Crippen LogP contribution in [-0.2, 0) is 30.6 Å². The number of H-pyrrole nitrogens is 1.